The highest BCUT2D eigenvalue weighted by molar-refractivity contribution is 7.92. The lowest BCUT2D eigenvalue weighted by Gasteiger charge is -2.12. The number of hydrogen-bond acceptors (Lipinski definition) is 5. The van der Waals surface area contributed by atoms with E-state index in [0.29, 0.717) is 22.7 Å². The molecule has 1 aliphatic rings. The number of hydrogen-bond donors (Lipinski definition) is 1. The maximum Gasteiger partial charge on any atom is 0.262 e. The van der Waals surface area contributed by atoms with E-state index in [2.05, 4.69) is 4.72 Å². The fourth-order valence-corrected chi connectivity index (χ4v) is 3.56. The highest BCUT2D eigenvalue weighted by Gasteiger charge is 2.30. The Hall–Kier alpha value is -2.54. The van der Waals surface area contributed by atoms with Gasteiger partial charge < -0.3 is 9.47 Å². The van der Waals surface area contributed by atoms with Crippen LogP contribution in [0, 0.1) is 5.92 Å². The van der Waals surface area contributed by atoms with E-state index in [1.54, 1.807) is 24.3 Å². The fourth-order valence-electron chi connectivity index (χ4n) is 2.48. The van der Waals surface area contributed by atoms with E-state index in [1.165, 1.54) is 32.4 Å². The minimum Gasteiger partial charge on any atom is -0.493 e. The van der Waals surface area contributed by atoms with Crippen molar-refractivity contribution in [3.63, 3.8) is 0 Å². The van der Waals surface area contributed by atoms with E-state index in [0.717, 1.165) is 12.8 Å². The predicted molar refractivity (Wildman–Crippen MR) is 93.9 cm³/mol. The summed E-state index contributed by atoms with van der Waals surface area (Å²) >= 11 is 0. The van der Waals surface area contributed by atoms with Gasteiger partial charge in [0.25, 0.3) is 10.0 Å². The molecule has 3 rings (SSSR count). The van der Waals surface area contributed by atoms with Gasteiger partial charge in [-0.1, -0.05) is 0 Å². The quantitative estimate of drug-likeness (QED) is 0.767. The monoisotopic (exact) mass is 361 g/mol. The van der Waals surface area contributed by atoms with Gasteiger partial charge in [0.2, 0.25) is 0 Å². The molecule has 7 heteroatoms. The predicted octanol–water partition coefficient (Wildman–Crippen LogP) is 3.10. The maximum absolute atomic E-state index is 12.5. The minimum atomic E-state index is -3.78. The Labute approximate surface area is 146 Å². The molecule has 1 N–H and O–H groups in total. The second-order valence-corrected chi connectivity index (χ2v) is 7.52. The molecule has 0 amide bonds. The standard InChI is InChI=1S/C18H19NO5S/c1-23-16-10-9-15(11-17(16)24-2)25(21,22)19-14-7-5-13(6-8-14)18(20)12-3-4-12/h5-12,19H,3-4H2,1-2H3. The van der Waals surface area contributed by atoms with Crippen molar-refractivity contribution in [1.82, 2.24) is 0 Å². The van der Waals surface area contributed by atoms with Crippen LogP contribution < -0.4 is 14.2 Å². The number of ketones is 1. The average Bonchev–Trinajstić information content (AvgIpc) is 3.46. The fraction of sp³-hybridized carbons (Fsp3) is 0.278. The third-order valence-corrected chi connectivity index (χ3v) is 5.41. The molecule has 2 aromatic rings. The van der Waals surface area contributed by atoms with E-state index in [1.807, 2.05) is 0 Å². The number of benzene rings is 2. The molecule has 0 spiro atoms. The summed E-state index contributed by atoms with van der Waals surface area (Å²) in [7, 11) is -0.856. The summed E-state index contributed by atoms with van der Waals surface area (Å²) in [5.74, 6) is 1.03. The van der Waals surface area contributed by atoms with Gasteiger partial charge >= 0.3 is 0 Å². The van der Waals surface area contributed by atoms with Crippen molar-refractivity contribution < 1.29 is 22.7 Å². The Bertz CT molecular complexity index is 886. The van der Waals surface area contributed by atoms with Crippen LogP contribution in [0.25, 0.3) is 0 Å². The number of anilines is 1. The van der Waals surface area contributed by atoms with Crippen LogP contribution in [0.5, 0.6) is 11.5 Å². The zero-order valence-electron chi connectivity index (χ0n) is 14.0. The molecular weight excluding hydrogens is 342 g/mol. The molecule has 6 nitrogen and oxygen atoms in total. The molecule has 0 radical (unpaired) electrons. The Kier molecular flexibility index (Phi) is 4.67. The molecule has 25 heavy (non-hydrogen) atoms. The number of methoxy groups -OCH3 is 2. The van der Waals surface area contributed by atoms with Crippen LogP contribution in [0.3, 0.4) is 0 Å². The highest BCUT2D eigenvalue weighted by atomic mass is 32.2. The normalized spacial score (nSPS) is 14.0. The first kappa shape index (κ1) is 17.3. The summed E-state index contributed by atoms with van der Waals surface area (Å²) in [6.45, 7) is 0. The number of Topliss-reactive ketones (excluding diaryl/α,β-unsaturated/α-hetero) is 1. The number of carbonyl (C=O) groups is 1. The molecule has 0 bridgehead atoms. The van der Waals surface area contributed by atoms with Crippen molar-refractivity contribution >= 4 is 21.5 Å². The first-order chi connectivity index (χ1) is 11.9. The van der Waals surface area contributed by atoms with Gasteiger partial charge in [-0.2, -0.15) is 0 Å². The minimum absolute atomic E-state index is 0.0586. The van der Waals surface area contributed by atoms with Crippen molar-refractivity contribution in [3.05, 3.63) is 48.0 Å². The van der Waals surface area contributed by atoms with Crippen LogP contribution >= 0.6 is 0 Å². The molecule has 0 atom stereocenters. The van der Waals surface area contributed by atoms with E-state index in [-0.39, 0.29) is 16.6 Å². The van der Waals surface area contributed by atoms with E-state index >= 15 is 0 Å². The summed E-state index contributed by atoms with van der Waals surface area (Å²) < 4.78 is 37.8. The van der Waals surface area contributed by atoms with Gasteiger partial charge in [0.05, 0.1) is 19.1 Å². The molecule has 1 aliphatic carbocycles. The molecule has 1 fully saturated rings. The van der Waals surface area contributed by atoms with Crippen LogP contribution in [0.2, 0.25) is 0 Å². The lowest BCUT2D eigenvalue weighted by atomic mass is 10.1. The number of rotatable bonds is 7. The number of nitrogens with one attached hydrogen (secondary N) is 1. The molecule has 0 unspecified atom stereocenters. The Morgan fingerprint density at radius 3 is 2.20 bits per heavy atom. The summed E-state index contributed by atoms with van der Waals surface area (Å²) in [6.07, 6.45) is 1.87. The van der Waals surface area contributed by atoms with Gasteiger partial charge in [-0.3, -0.25) is 9.52 Å². The Balaban J connectivity index is 1.80. The molecule has 2 aromatic carbocycles. The topological polar surface area (TPSA) is 81.7 Å². The number of sulfonamides is 1. The molecule has 0 saturated heterocycles. The third kappa shape index (κ3) is 3.76. The average molecular weight is 361 g/mol. The first-order valence-electron chi connectivity index (χ1n) is 7.84. The zero-order valence-corrected chi connectivity index (χ0v) is 14.8. The van der Waals surface area contributed by atoms with Crippen molar-refractivity contribution in [2.75, 3.05) is 18.9 Å². The van der Waals surface area contributed by atoms with Crippen molar-refractivity contribution in [1.29, 1.82) is 0 Å². The Morgan fingerprint density at radius 1 is 1.00 bits per heavy atom. The van der Waals surface area contributed by atoms with Crippen LogP contribution in [0.4, 0.5) is 5.69 Å². The Morgan fingerprint density at radius 2 is 1.64 bits per heavy atom. The molecule has 0 aromatic heterocycles. The molecule has 1 saturated carbocycles. The van der Waals surface area contributed by atoms with E-state index in [9.17, 15) is 13.2 Å². The summed E-state index contributed by atoms with van der Waals surface area (Å²) in [5, 5.41) is 0. The highest BCUT2D eigenvalue weighted by Crippen LogP contribution is 2.33. The molecular formula is C18H19NO5S. The van der Waals surface area contributed by atoms with Gasteiger partial charge in [-0.05, 0) is 49.2 Å². The number of ether oxygens (including phenoxy) is 2. The summed E-state index contributed by atoms with van der Waals surface area (Å²) in [5.41, 5.74) is 0.999. The van der Waals surface area contributed by atoms with Crippen molar-refractivity contribution in [2.24, 2.45) is 5.92 Å². The van der Waals surface area contributed by atoms with Gasteiger partial charge in [-0.15, -0.1) is 0 Å². The molecule has 0 aliphatic heterocycles. The van der Waals surface area contributed by atoms with E-state index < -0.39 is 10.0 Å². The zero-order chi connectivity index (χ0) is 18.0. The van der Waals surface area contributed by atoms with Crippen molar-refractivity contribution in [3.8, 4) is 11.5 Å². The lowest BCUT2D eigenvalue weighted by Crippen LogP contribution is -2.13. The smallest absolute Gasteiger partial charge is 0.262 e. The van der Waals surface area contributed by atoms with Gasteiger partial charge in [0.15, 0.2) is 17.3 Å². The van der Waals surface area contributed by atoms with Gasteiger partial charge in [0, 0.05) is 23.2 Å². The lowest BCUT2D eigenvalue weighted by molar-refractivity contribution is 0.0967. The largest absolute Gasteiger partial charge is 0.493 e. The van der Waals surface area contributed by atoms with Crippen LogP contribution in [0.1, 0.15) is 23.2 Å². The van der Waals surface area contributed by atoms with Crippen LogP contribution in [-0.2, 0) is 10.0 Å². The maximum atomic E-state index is 12.5. The molecule has 132 valence electrons. The molecule has 0 heterocycles. The summed E-state index contributed by atoms with van der Waals surface area (Å²) in [4.78, 5) is 12.1. The third-order valence-electron chi connectivity index (χ3n) is 4.04. The SMILES string of the molecule is COc1ccc(S(=O)(=O)Nc2ccc(C(=O)C3CC3)cc2)cc1OC. The number of carbonyl (C=O) groups excluding carboxylic acids is 1. The van der Waals surface area contributed by atoms with Crippen LogP contribution in [0.15, 0.2) is 47.4 Å². The second kappa shape index (κ2) is 6.76. The van der Waals surface area contributed by atoms with Crippen LogP contribution in [-0.4, -0.2) is 28.4 Å². The second-order valence-electron chi connectivity index (χ2n) is 5.84. The van der Waals surface area contributed by atoms with Crippen molar-refractivity contribution in [2.45, 2.75) is 17.7 Å². The van der Waals surface area contributed by atoms with E-state index in [4.69, 9.17) is 9.47 Å². The van der Waals surface area contributed by atoms with Gasteiger partial charge in [0.1, 0.15) is 0 Å². The van der Waals surface area contributed by atoms with Gasteiger partial charge in [-0.25, -0.2) is 8.42 Å². The first-order valence-corrected chi connectivity index (χ1v) is 9.32. The summed E-state index contributed by atoms with van der Waals surface area (Å²) in [6, 6.07) is 10.8.